The molecule has 1 aromatic carbocycles. The van der Waals surface area contributed by atoms with Gasteiger partial charge in [0.1, 0.15) is 0 Å². The minimum Gasteiger partial charge on any atom is -0.276 e. The Hall–Kier alpha value is -1.53. The minimum atomic E-state index is -6.13. The van der Waals surface area contributed by atoms with Crippen LogP contribution in [0.3, 0.4) is 0 Å². The molecule has 0 aliphatic carbocycles. The summed E-state index contributed by atoms with van der Waals surface area (Å²) in [6, 6.07) is 0. The van der Waals surface area contributed by atoms with E-state index in [-0.39, 0.29) is 0 Å². The molecular weight excluding hydrogens is 469 g/mol. The van der Waals surface area contributed by atoms with Crippen molar-refractivity contribution >= 4 is 50.5 Å². The summed E-state index contributed by atoms with van der Waals surface area (Å²) in [5.41, 5.74) is -16.8. The van der Waals surface area contributed by atoms with Crippen LogP contribution in [0.25, 0.3) is 0 Å². The second-order valence-corrected chi connectivity index (χ2v) is 5.59. The maximum absolute atomic E-state index is 13.2. The van der Waals surface area contributed by atoms with Gasteiger partial charge in [-0.3, -0.25) is 14.4 Å². The number of benzene rings is 1. The van der Waals surface area contributed by atoms with Gasteiger partial charge in [-0.25, -0.2) is 0 Å². The number of halogens is 12. The molecule has 1 rings (SSSR count). The van der Waals surface area contributed by atoms with Gasteiger partial charge in [-0.05, 0) is 34.8 Å². The quantitative estimate of drug-likeness (QED) is 0.410. The van der Waals surface area contributed by atoms with E-state index in [1.54, 1.807) is 0 Å². The average molecular weight is 469 g/mol. The predicted molar refractivity (Wildman–Crippen MR) is 72.0 cm³/mol. The van der Waals surface area contributed by atoms with Crippen molar-refractivity contribution in [3.8, 4) is 0 Å². The molecule has 0 saturated heterocycles. The molecule has 0 bridgehead atoms. The Morgan fingerprint density at radius 1 is 0.481 bits per heavy atom. The predicted octanol–water partition coefficient (Wildman–Crippen LogP) is 5.88. The van der Waals surface area contributed by atoms with Gasteiger partial charge in [0.2, 0.25) is 0 Å². The smallest absolute Gasteiger partial charge is 0.276 e. The van der Waals surface area contributed by atoms with Crippen LogP contribution < -0.4 is 0 Å². The van der Waals surface area contributed by atoms with E-state index in [1.165, 1.54) is 0 Å². The first-order chi connectivity index (χ1) is 11.8. The highest BCUT2D eigenvalue weighted by Gasteiger charge is 2.54. The van der Waals surface area contributed by atoms with Crippen LogP contribution in [0.15, 0.2) is 0 Å². The lowest BCUT2D eigenvalue weighted by atomic mass is 9.86. The maximum Gasteiger partial charge on any atom is 0.417 e. The standard InChI is InChI=1S/C12Cl3F9O3/c13-7(25)1-4(10(16,17)18)2(8(14)26)6(12(22,23)24)3(9(15)27)5(1)11(19,20)21. The van der Waals surface area contributed by atoms with Crippen LogP contribution in [0.2, 0.25) is 0 Å². The summed E-state index contributed by atoms with van der Waals surface area (Å²) in [4.78, 5) is 33.8. The SMILES string of the molecule is O=C(Cl)c1c(C(F)(F)F)c(C(=O)Cl)c(C(F)(F)F)c(C(=O)Cl)c1C(F)(F)F. The lowest BCUT2D eigenvalue weighted by molar-refractivity contribution is -0.149. The van der Waals surface area contributed by atoms with Crippen molar-refractivity contribution in [1.29, 1.82) is 0 Å². The first-order valence-corrected chi connectivity index (χ1v) is 7.01. The van der Waals surface area contributed by atoms with Crippen LogP contribution >= 0.6 is 34.8 Å². The van der Waals surface area contributed by atoms with Crippen LogP contribution in [-0.4, -0.2) is 15.7 Å². The van der Waals surface area contributed by atoms with Gasteiger partial charge in [-0.1, -0.05) is 0 Å². The van der Waals surface area contributed by atoms with Gasteiger partial charge in [-0.15, -0.1) is 0 Å². The van der Waals surface area contributed by atoms with E-state index in [9.17, 15) is 53.9 Å². The zero-order chi connectivity index (χ0) is 21.7. The summed E-state index contributed by atoms with van der Waals surface area (Å²) in [7, 11) is 0. The summed E-state index contributed by atoms with van der Waals surface area (Å²) in [5, 5.41) is -7.66. The number of hydrogen-bond donors (Lipinski definition) is 0. The van der Waals surface area contributed by atoms with Crippen LogP contribution in [0.5, 0.6) is 0 Å². The molecule has 27 heavy (non-hydrogen) atoms. The molecule has 3 nitrogen and oxygen atoms in total. The van der Waals surface area contributed by atoms with E-state index in [4.69, 9.17) is 34.8 Å². The molecule has 0 amide bonds. The monoisotopic (exact) mass is 468 g/mol. The van der Waals surface area contributed by atoms with Crippen molar-refractivity contribution < 1.29 is 53.9 Å². The molecule has 0 aliphatic rings. The Morgan fingerprint density at radius 2 is 0.630 bits per heavy atom. The molecule has 0 fully saturated rings. The van der Waals surface area contributed by atoms with Crippen molar-refractivity contribution in [2.75, 3.05) is 0 Å². The molecule has 0 heterocycles. The highest BCUT2D eigenvalue weighted by molar-refractivity contribution is 6.71. The third-order valence-corrected chi connectivity index (χ3v) is 3.51. The molecule has 15 heteroatoms. The first kappa shape index (κ1) is 23.5. The van der Waals surface area contributed by atoms with Gasteiger partial charge >= 0.3 is 18.5 Å². The normalized spacial score (nSPS) is 12.9. The average Bonchev–Trinajstić information content (AvgIpc) is 2.40. The second kappa shape index (κ2) is 7.13. The summed E-state index contributed by atoms with van der Waals surface area (Å²) in [6.07, 6.45) is -18.4. The van der Waals surface area contributed by atoms with Gasteiger partial charge in [0, 0.05) is 0 Å². The minimum absolute atomic E-state index is 2.55. The fourth-order valence-electron chi connectivity index (χ4n) is 2.19. The van der Waals surface area contributed by atoms with Crippen molar-refractivity contribution in [3.63, 3.8) is 0 Å². The molecule has 0 saturated carbocycles. The Morgan fingerprint density at radius 3 is 0.704 bits per heavy atom. The van der Waals surface area contributed by atoms with E-state index in [0.29, 0.717) is 0 Å². The summed E-state index contributed by atoms with van der Waals surface area (Å²) >= 11 is 14.1. The third-order valence-electron chi connectivity index (χ3n) is 2.94. The maximum atomic E-state index is 13.2. The second-order valence-electron chi connectivity index (χ2n) is 4.56. The van der Waals surface area contributed by atoms with Crippen LogP contribution in [-0.2, 0) is 18.5 Å². The molecular formula is C12Cl3F9O3. The Bertz CT molecular complexity index is 707. The number of alkyl halides is 9. The van der Waals surface area contributed by atoms with E-state index < -0.39 is 67.6 Å². The lowest BCUT2D eigenvalue weighted by Crippen LogP contribution is -2.29. The topological polar surface area (TPSA) is 51.2 Å². The number of carbonyl (C=O) groups is 3. The van der Waals surface area contributed by atoms with Gasteiger partial charge in [0.25, 0.3) is 15.7 Å². The molecule has 1 aromatic rings. The van der Waals surface area contributed by atoms with E-state index in [1.807, 2.05) is 0 Å². The van der Waals surface area contributed by atoms with Crippen molar-refractivity contribution in [2.24, 2.45) is 0 Å². The highest BCUT2D eigenvalue weighted by atomic mass is 35.5. The van der Waals surface area contributed by atoms with E-state index in [2.05, 4.69) is 0 Å². The summed E-state index contributed by atoms with van der Waals surface area (Å²) in [6.45, 7) is 0. The Kier molecular flexibility index (Phi) is 6.21. The highest BCUT2D eigenvalue weighted by Crippen LogP contribution is 2.50. The Labute approximate surface area is 157 Å². The van der Waals surface area contributed by atoms with Crippen LogP contribution in [0.1, 0.15) is 47.8 Å². The van der Waals surface area contributed by atoms with Crippen LogP contribution in [0, 0.1) is 0 Å². The molecule has 0 N–H and O–H groups in total. The largest absolute Gasteiger partial charge is 0.417 e. The van der Waals surface area contributed by atoms with Crippen LogP contribution in [0.4, 0.5) is 39.5 Å². The number of rotatable bonds is 3. The van der Waals surface area contributed by atoms with Crippen molar-refractivity contribution in [2.45, 2.75) is 18.5 Å². The van der Waals surface area contributed by atoms with Crippen molar-refractivity contribution in [1.82, 2.24) is 0 Å². The fraction of sp³-hybridized carbons (Fsp3) is 0.250. The van der Waals surface area contributed by atoms with E-state index >= 15 is 0 Å². The molecule has 0 radical (unpaired) electrons. The van der Waals surface area contributed by atoms with E-state index in [0.717, 1.165) is 0 Å². The summed E-state index contributed by atoms with van der Waals surface area (Å²) in [5.74, 6) is 0. The van der Waals surface area contributed by atoms with Crippen molar-refractivity contribution in [3.05, 3.63) is 33.4 Å². The third kappa shape index (κ3) is 4.49. The number of carbonyl (C=O) groups excluding carboxylic acids is 3. The zero-order valence-corrected chi connectivity index (χ0v) is 14.0. The molecule has 0 spiro atoms. The fourth-order valence-corrected chi connectivity index (χ4v) is 2.76. The summed E-state index contributed by atoms with van der Waals surface area (Å²) < 4.78 is 119. The molecule has 0 aromatic heterocycles. The van der Waals surface area contributed by atoms with Gasteiger partial charge in [-0.2, -0.15) is 39.5 Å². The lowest BCUT2D eigenvalue weighted by Gasteiger charge is -2.25. The molecule has 0 unspecified atom stereocenters. The Balaban J connectivity index is 4.67. The van der Waals surface area contributed by atoms with Gasteiger partial charge in [0.05, 0.1) is 33.4 Å². The molecule has 150 valence electrons. The number of hydrogen-bond acceptors (Lipinski definition) is 3. The van der Waals surface area contributed by atoms with Gasteiger partial charge < -0.3 is 0 Å². The first-order valence-electron chi connectivity index (χ1n) is 5.88. The zero-order valence-electron chi connectivity index (χ0n) is 11.8. The van der Waals surface area contributed by atoms with Gasteiger partial charge in [0.15, 0.2) is 0 Å². The molecule has 0 aliphatic heterocycles. The molecule has 0 atom stereocenters.